The SMILES string of the molecule is CCOC(=O)n1ccc(NC2=C(c3ccc(OC)cc3)C(=O)n3nc(-c4ccccc4)c(-c4ccccc4)c3C2)n1. The molecule has 0 spiro atoms. The Morgan fingerprint density at radius 1 is 0.878 bits per heavy atom. The van der Waals surface area contributed by atoms with Crippen LogP contribution in [0.2, 0.25) is 0 Å². The lowest BCUT2D eigenvalue weighted by atomic mass is 9.92. The predicted molar refractivity (Wildman–Crippen MR) is 156 cm³/mol. The van der Waals surface area contributed by atoms with E-state index in [4.69, 9.17) is 14.6 Å². The Morgan fingerprint density at radius 3 is 2.22 bits per heavy atom. The highest BCUT2D eigenvalue weighted by Crippen LogP contribution is 2.40. The van der Waals surface area contributed by atoms with Crippen molar-refractivity contribution in [3.05, 3.63) is 114 Å². The fourth-order valence-electron chi connectivity index (χ4n) is 4.98. The van der Waals surface area contributed by atoms with Crippen LogP contribution in [0.4, 0.5) is 10.6 Å². The minimum Gasteiger partial charge on any atom is -0.497 e. The molecule has 9 nitrogen and oxygen atoms in total. The number of ether oxygens (including phenoxy) is 2. The van der Waals surface area contributed by atoms with Crippen LogP contribution in [0.15, 0.2) is 103 Å². The van der Waals surface area contributed by atoms with Crippen LogP contribution in [0.1, 0.15) is 23.0 Å². The van der Waals surface area contributed by atoms with E-state index < -0.39 is 6.09 Å². The maximum atomic E-state index is 14.3. The molecule has 5 aromatic rings. The zero-order chi connectivity index (χ0) is 28.3. The molecule has 0 amide bonds. The molecule has 0 fully saturated rings. The Balaban J connectivity index is 1.50. The molecule has 0 saturated heterocycles. The van der Waals surface area contributed by atoms with Gasteiger partial charge in [0, 0.05) is 35.5 Å². The topological polar surface area (TPSA) is 100 Å². The Hall–Kier alpha value is -5.44. The van der Waals surface area contributed by atoms with E-state index >= 15 is 0 Å². The second-order valence-electron chi connectivity index (χ2n) is 9.35. The lowest BCUT2D eigenvalue weighted by molar-refractivity contribution is 0.0958. The highest BCUT2D eigenvalue weighted by atomic mass is 16.5. The summed E-state index contributed by atoms with van der Waals surface area (Å²) in [6.07, 6.45) is 1.30. The number of anilines is 1. The molecule has 6 rings (SSSR count). The van der Waals surface area contributed by atoms with Gasteiger partial charge in [0.2, 0.25) is 0 Å². The number of benzene rings is 3. The summed E-state index contributed by atoms with van der Waals surface area (Å²) in [5.74, 6) is 0.810. The van der Waals surface area contributed by atoms with Crippen molar-refractivity contribution in [1.29, 1.82) is 0 Å². The van der Waals surface area contributed by atoms with Gasteiger partial charge < -0.3 is 14.8 Å². The number of hydrogen-bond acceptors (Lipinski definition) is 7. The number of hydrogen-bond donors (Lipinski definition) is 1. The maximum absolute atomic E-state index is 14.3. The first-order chi connectivity index (χ1) is 20.1. The highest BCUT2D eigenvalue weighted by molar-refractivity contribution is 6.23. The van der Waals surface area contributed by atoms with Gasteiger partial charge in [-0.3, -0.25) is 4.79 Å². The Bertz CT molecular complexity index is 1750. The molecule has 0 aliphatic carbocycles. The largest absolute Gasteiger partial charge is 0.497 e. The van der Waals surface area contributed by atoms with E-state index in [0.717, 1.165) is 32.8 Å². The predicted octanol–water partition coefficient (Wildman–Crippen LogP) is 6.15. The summed E-state index contributed by atoms with van der Waals surface area (Å²) in [5.41, 5.74) is 6.02. The highest BCUT2D eigenvalue weighted by Gasteiger charge is 2.33. The van der Waals surface area contributed by atoms with Gasteiger partial charge in [-0.25, -0.2) is 4.79 Å². The molecule has 3 heterocycles. The molecule has 2 aromatic heterocycles. The zero-order valence-electron chi connectivity index (χ0n) is 22.6. The van der Waals surface area contributed by atoms with Gasteiger partial charge in [0.1, 0.15) is 11.4 Å². The molecule has 0 unspecified atom stereocenters. The fraction of sp³-hybridized carbons (Fsp3) is 0.125. The van der Waals surface area contributed by atoms with Crippen molar-refractivity contribution in [3.63, 3.8) is 0 Å². The lowest BCUT2D eigenvalue weighted by Crippen LogP contribution is -2.26. The van der Waals surface area contributed by atoms with Gasteiger partial charge in [-0.2, -0.15) is 14.5 Å². The van der Waals surface area contributed by atoms with Crippen LogP contribution < -0.4 is 10.1 Å². The lowest BCUT2D eigenvalue weighted by Gasteiger charge is -2.22. The molecule has 9 heteroatoms. The van der Waals surface area contributed by atoms with Crippen LogP contribution in [0.3, 0.4) is 0 Å². The fourth-order valence-corrected chi connectivity index (χ4v) is 4.98. The van der Waals surface area contributed by atoms with E-state index in [9.17, 15) is 9.59 Å². The normalized spacial score (nSPS) is 12.7. The van der Waals surface area contributed by atoms with Crippen LogP contribution >= 0.6 is 0 Å². The number of methoxy groups -OCH3 is 1. The van der Waals surface area contributed by atoms with Gasteiger partial charge in [0.25, 0.3) is 5.91 Å². The molecular weight excluding hydrogens is 518 g/mol. The number of carbonyl (C=O) groups excluding carboxylic acids is 2. The van der Waals surface area contributed by atoms with Crippen molar-refractivity contribution in [2.45, 2.75) is 13.3 Å². The van der Waals surface area contributed by atoms with Gasteiger partial charge in [-0.1, -0.05) is 72.8 Å². The number of rotatable bonds is 7. The number of aromatic nitrogens is 4. The van der Waals surface area contributed by atoms with Crippen molar-refractivity contribution >= 4 is 23.4 Å². The molecule has 0 saturated carbocycles. The first-order valence-corrected chi connectivity index (χ1v) is 13.2. The van der Waals surface area contributed by atoms with Crippen LogP contribution in [0, 0.1) is 0 Å². The molecule has 3 aromatic carbocycles. The van der Waals surface area contributed by atoms with Crippen LogP contribution in [0.25, 0.3) is 28.0 Å². The number of allylic oxidation sites excluding steroid dienone is 2. The van der Waals surface area contributed by atoms with E-state index in [2.05, 4.69) is 10.4 Å². The molecule has 204 valence electrons. The summed E-state index contributed by atoms with van der Waals surface area (Å²) >= 11 is 0. The van der Waals surface area contributed by atoms with E-state index in [1.807, 2.05) is 84.9 Å². The molecule has 0 atom stereocenters. The van der Waals surface area contributed by atoms with Crippen molar-refractivity contribution in [3.8, 4) is 28.1 Å². The summed E-state index contributed by atoms with van der Waals surface area (Å²) in [5, 5.41) is 12.5. The average molecular weight is 546 g/mol. The van der Waals surface area contributed by atoms with E-state index in [-0.39, 0.29) is 12.5 Å². The third-order valence-electron chi connectivity index (χ3n) is 6.84. The average Bonchev–Trinajstić information content (AvgIpc) is 3.64. The summed E-state index contributed by atoms with van der Waals surface area (Å²) < 4.78 is 13.0. The van der Waals surface area contributed by atoms with Gasteiger partial charge in [-0.05, 0) is 30.2 Å². The summed E-state index contributed by atoms with van der Waals surface area (Å²) in [6, 6.07) is 28.8. The molecule has 0 bridgehead atoms. The summed E-state index contributed by atoms with van der Waals surface area (Å²) in [4.78, 5) is 26.5. The first kappa shape index (κ1) is 25.8. The minimum atomic E-state index is -0.582. The Morgan fingerprint density at radius 2 is 1.56 bits per heavy atom. The second kappa shape index (κ2) is 11.0. The molecule has 0 radical (unpaired) electrons. The van der Waals surface area contributed by atoms with E-state index in [0.29, 0.717) is 34.8 Å². The molecule has 41 heavy (non-hydrogen) atoms. The molecule has 1 N–H and O–H groups in total. The smallest absolute Gasteiger partial charge is 0.434 e. The van der Waals surface area contributed by atoms with Gasteiger partial charge >= 0.3 is 6.09 Å². The minimum absolute atomic E-state index is 0.235. The molecule has 1 aliphatic heterocycles. The number of nitrogens with zero attached hydrogens (tertiary/aromatic N) is 4. The standard InChI is InChI=1S/C32H27N5O4/c1-3-41-32(39)36-19-18-27(34-36)33-25-20-26-29(21-10-6-4-7-11-21)30(23-12-8-5-9-13-23)35-37(26)31(38)28(25)22-14-16-24(40-2)17-15-22/h4-19H,3,20H2,1-2H3,(H,33,34). The van der Waals surface area contributed by atoms with Crippen molar-refractivity contribution in [2.75, 3.05) is 19.0 Å². The Labute approximate surface area is 236 Å². The quantitative estimate of drug-likeness (QED) is 0.262. The Kier molecular flexibility index (Phi) is 6.91. The molecule has 1 aliphatic rings. The van der Waals surface area contributed by atoms with Gasteiger partial charge in [-0.15, -0.1) is 5.10 Å². The monoisotopic (exact) mass is 545 g/mol. The van der Waals surface area contributed by atoms with Crippen molar-refractivity contribution < 1.29 is 19.1 Å². The van der Waals surface area contributed by atoms with Crippen LogP contribution in [-0.4, -0.2) is 45.3 Å². The van der Waals surface area contributed by atoms with E-state index in [1.54, 1.807) is 20.1 Å². The van der Waals surface area contributed by atoms with Crippen LogP contribution in [-0.2, 0) is 11.2 Å². The second-order valence-corrected chi connectivity index (χ2v) is 9.35. The summed E-state index contributed by atoms with van der Waals surface area (Å²) in [6.45, 7) is 1.97. The molecular formula is C32H27N5O4. The summed E-state index contributed by atoms with van der Waals surface area (Å²) in [7, 11) is 1.60. The van der Waals surface area contributed by atoms with E-state index in [1.165, 1.54) is 10.9 Å². The van der Waals surface area contributed by atoms with Crippen molar-refractivity contribution in [2.24, 2.45) is 0 Å². The third-order valence-corrected chi connectivity index (χ3v) is 6.84. The van der Waals surface area contributed by atoms with Gasteiger partial charge in [0.15, 0.2) is 5.82 Å². The van der Waals surface area contributed by atoms with Gasteiger partial charge in [0.05, 0.1) is 25.0 Å². The van der Waals surface area contributed by atoms with Crippen LogP contribution in [0.5, 0.6) is 5.75 Å². The zero-order valence-corrected chi connectivity index (χ0v) is 22.6. The number of fused-ring (bicyclic) bond motifs is 1. The maximum Gasteiger partial charge on any atom is 0.434 e. The number of nitrogens with one attached hydrogen (secondary N) is 1. The third kappa shape index (κ3) is 4.89. The first-order valence-electron chi connectivity index (χ1n) is 13.2. The van der Waals surface area contributed by atoms with Crippen molar-refractivity contribution in [1.82, 2.24) is 19.6 Å². The number of carbonyl (C=O) groups is 2.